The van der Waals surface area contributed by atoms with Gasteiger partial charge in [-0.2, -0.15) is 0 Å². The number of aliphatic hydroxyl groups is 1. The second-order valence-electron chi connectivity index (χ2n) is 4.22. The van der Waals surface area contributed by atoms with E-state index in [-0.39, 0.29) is 12.3 Å². The summed E-state index contributed by atoms with van der Waals surface area (Å²) in [7, 11) is 0. The van der Waals surface area contributed by atoms with Crippen LogP contribution in [0.5, 0.6) is 0 Å². The lowest BCUT2D eigenvalue weighted by Crippen LogP contribution is -2.40. The zero-order valence-corrected chi connectivity index (χ0v) is 8.96. The fraction of sp³-hybridized carbons (Fsp3) is 0.364. The average molecular weight is 242 g/mol. The summed E-state index contributed by atoms with van der Waals surface area (Å²) in [5, 5.41) is 11.4. The fourth-order valence-corrected chi connectivity index (χ4v) is 1.55. The van der Waals surface area contributed by atoms with Crippen LogP contribution in [0.2, 0.25) is 0 Å². The van der Waals surface area contributed by atoms with Gasteiger partial charge in [-0.1, -0.05) is 0 Å². The molecule has 0 aromatic heterocycles. The van der Waals surface area contributed by atoms with Crippen molar-refractivity contribution in [3.05, 3.63) is 29.3 Å². The van der Waals surface area contributed by atoms with Gasteiger partial charge in [-0.05, 0) is 25.0 Å². The molecule has 0 saturated heterocycles. The van der Waals surface area contributed by atoms with E-state index in [0.29, 0.717) is 12.8 Å². The molecule has 1 aliphatic rings. The summed E-state index contributed by atoms with van der Waals surface area (Å²) in [6, 6.07) is 1.99. The Labute approximate surface area is 96.4 Å². The number of carbonyl (C=O) groups excluding carboxylic acids is 1. The maximum absolute atomic E-state index is 13.5. The molecule has 4 nitrogen and oxygen atoms in total. The van der Waals surface area contributed by atoms with Crippen molar-refractivity contribution >= 4 is 11.6 Å². The zero-order valence-electron chi connectivity index (χ0n) is 8.96. The summed E-state index contributed by atoms with van der Waals surface area (Å²) in [6.45, 7) is -0.246. The summed E-state index contributed by atoms with van der Waals surface area (Å²) in [4.78, 5) is 11.7. The van der Waals surface area contributed by atoms with Crippen molar-refractivity contribution in [1.29, 1.82) is 0 Å². The van der Waals surface area contributed by atoms with E-state index in [2.05, 4.69) is 5.32 Å². The zero-order chi connectivity index (χ0) is 12.6. The van der Waals surface area contributed by atoms with Gasteiger partial charge in [0.05, 0.1) is 17.8 Å². The van der Waals surface area contributed by atoms with Crippen molar-refractivity contribution in [2.75, 3.05) is 12.3 Å². The molecule has 1 saturated carbocycles. The Morgan fingerprint density at radius 2 is 2.12 bits per heavy atom. The predicted molar refractivity (Wildman–Crippen MR) is 57.3 cm³/mol. The highest BCUT2D eigenvalue weighted by molar-refractivity contribution is 5.96. The van der Waals surface area contributed by atoms with Crippen LogP contribution < -0.4 is 11.1 Å². The largest absolute Gasteiger partial charge is 0.396 e. The lowest BCUT2D eigenvalue weighted by atomic mass is 10.1. The second-order valence-corrected chi connectivity index (χ2v) is 4.22. The van der Waals surface area contributed by atoms with Crippen LogP contribution >= 0.6 is 0 Å². The molecule has 1 amide bonds. The molecule has 0 unspecified atom stereocenters. The highest BCUT2D eigenvalue weighted by Crippen LogP contribution is 2.35. The number of hydrogen-bond acceptors (Lipinski definition) is 3. The van der Waals surface area contributed by atoms with Crippen molar-refractivity contribution in [1.82, 2.24) is 5.32 Å². The number of carbonyl (C=O) groups is 1. The number of anilines is 1. The number of rotatable bonds is 3. The Kier molecular flexibility index (Phi) is 2.74. The number of aliphatic hydroxyl groups excluding tert-OH is 1. The van der Waals surface area contributed by atoms with Crippen LogP contribution in [0, 0.1) is 11.6 Å². The second kappa shape index (κ2) is 3.96. The maximum atomic E-state index is 13.5. The van der Waals surface area contributed by atoms with E-state index in [9.17, 15) is 13.6 Å². The number of nitrogens with two attached hydrogens (primary N) is 1. The Bertz CT molecular complexity index is 473. The van der Waals surface area contributed by atoms with Crippen molar-refractivity contribution in [3.8, 4) is 0 Å². The van der Waals surface area contributed by atoms with Crippen LogP contribution in [-0.4, -0.2) is 23.2 Å². The van der Waals surface area contributed by atoms with Gasteiger partial charge < -0.3 is 16.2 Å². The van der Waals surface area contributed by atoms with Crippen molar-refractivity contribution in [2.45, 2.75) is 18.4 Å². The van der Waals surface area contributed by atoms with E-state index in [4.69, 9.17) is 10.8 Å². The molecule has 17 heavy (non-hydrogen) atoms. The van der Waals surface area contributed by atoms with Gasteiger partial charge in [0.2, 0.25) is 0 Å². The van der Waals surface area contributed by atoms with E-state index in [0.717, 1.165) is 12.1 Å². The first kappa shape index (κ1) is 11.8. The van der Waals surface area contributed by atoms with Crippen LogP contribution in [0.1, 0.15) is 23.2 Å². The van der Waals surface area contributed by atoms with E-state index < -0.39 is 28.6 Å². The molecule has 0 aliphatic heterocycles. The third-order valence-electron chi connectivity index (χ3n) is 2.88. The summed E-state index contributed by atoms with van der Waals surface area (Å²) in [5.41, 5.74) is 3.56. The molecule has 4 N–H and O–H groups in total. The molecule has 92 valence electrons. The molecule has 0 heterocycles. The minimum atomic E-state index is -1.07. The van der Waals surface area contributed by atoms with Crippen LogP contribution in [0.3, 0.4) is 0 Å². The summed E-state index contributed by atoms with van der Waals surface area (Å²) < 4.78 is 26.9. The smallest absolute Gasteiger partial charge is 0.257 e. The molecule has 1 fully saturated rings. The number of halogens is 2. The quantitative estimate of drug-likeness (QED) is 0.686. The molecule has 6 heteroatoms. The monoisotopic (exact) mass is 242 g/mol. The number of nitrogen functional groups attached to an aromatic ring is 1. The molecule has 1 aliphatic carbocycles. The highest BCUT2D eigenvalue weighted by atomic mass is 19.1. The third kappa shape index (κ3) is 2.08. The molecule has 1 aromatic rings. The van der Waals surface area contributed by atoms with E-state index in [1.807, 2.05) is 0 Å². The van der Waals surface area contributed by atoms with E-state index in [1.165, 1.54) is 0 Å². The number of benzene rings is 1. The SMILES string of the molecule is Nc1ccc(F)c(C(=O)NC2(CO)CC2)c1F. The topological polar surface area (TPSA) is 75.4 Å². The van der Waals surface area contributed by atoms with Crippen molar-refractivity contribution in [2.24, 2.45) is 0 Å². The Morgan fingerprint density at radius 3 is 2.65 bits per heavy atom. The molecule has 0 atom stereocenters. The van der Waals surface area contributed by atoms with E-state index in [1.54, 1.807) is 0 Å². The van der Waals surface area contributed by atoms with Gasteiger partial charge in [0.15, 0.2) is 5.82 Å². The minimum absolute atomic E-state index is 0.246. The summed E-state index contributed by atoms with van der Waals surface area (Å²) >= 11 is 0. The standard InChI is InChI=1S/C11H12F2N2O2/c12-6-1-2-7(14)9(13)8(6)10(17)15-11(5-16)3-4-11/h1-2,16H,3-5,14H2,(H,15,17). The first-order chi connectivity index (χ1) is 7.99. The lowest BCUT2D eigenvalue weighted by molar-refractivity contribution is 0.0898. The van der Waals surface area contributed by atoms with Gasteiger partial charge in [-0.15, -0.1) is 0 Å². The Balaban J connectivity index is 2.28. The Morgan fingerprint density at radius 1 is 1.47 bits per heavy atom. The Hall–Kier alpha value is -1.69. The van der Waals surface area contributed by atoms with Gasteiger partial charge in [-0.3, -0.25) is 4.79 Å². The molecular weight excluding hydrogens is 230 g/mol. The van der Waals surface area contributed by atoms with Gasteiger partial charge >= 0.3 is 0 Å². The predicted octanol–water partition coefficient (Wildman–Crippen LogP) is 0.802. The summed E-state index contributed by atoms with van der Waals surface area (Å²) in [6.07, 6.45) is 1.20. The normalized spacial score (nSPS) is 16.6. The fourth-order valence-electron chi connectivity index (χ4n) is 1.55. The minimum Gasteiger partial charge on any atom is -0.396 e. The van der Waals surface area contributed by atoms with Gasteiger partial charge in [0.25, 0.3) is 5.91 Å². The van der Waals surface area contributed by atoms with Gasteiger partial charge in [-0.25, -0.2) is 8.78 Å². The number of amides is 1. The van der Waals surface area contributed by atoms with Crippen LogP contribution in [-0.2, 0) is 0 Å². The highest BCUT2D eigenvalue weighted by Gasteiger charge is 2.44. The van der Waals surface area contributed by atoms with Crippen LogP contribution in [0.15, 0.2) is 12.1 Å². The van der Waals surface area contributed by atoms with Gasteiger partial charge in [0.1, 0.15) is 11.4 Å². The van der Waals surface area contributed by atoms with Gasteiger partial charge in [0, 0.05) is 0 Å². The lowest BCUT2D eigenvalue weighted by Gasteiger charge is -2.15. The molecule has 0 radical (unpaired) electrons. The first-order valence-electron chi connectivity index (χ1n) is 5.16. The molecule has 1 aromatic carbocycles. The van der Waals surface area contributed by atoms with Crippen LogP contribution in [0.25, 0.3) is 0 Å². The molecule has 0 spiro atoms. The summed E-state index contributed by atoms with van der Waals surface area (Å²) in [5.74, 6) is -2.93. The average Bonchev–Trinajstić information content (AvgIpc) is 3.05. The third-order valence-corrected chi connectivity index (χ3v) is 2.88. The van der Waals surface area contributed by atoms with Crippen molar-refractivity contribution in [3.63, 3.8) is 0 Å². The molecule has 0 bridgehead atoms. The van der Waals surface area contributed by atoms with E-state index >= 15 is 0 Å². The first-order valence-corrected chi connectivity index (χ1v) is 5.16. The number of nitrogens with one attached hydrogen (secondary N) is 1. The van der Waals surface area contributed by atoms with Crippen molar-refractivity contribution < 1.29 is 18.7 Å². The van der Waals surface area contributed by atoms with Crippen LogP contribution in [0.4, 0.5) is 14.5 Å². The molecular formula is C11H12F2N2O2. The molecule has 2 rings (SSSR count). The maximum Gasteiger partial charge on any atom is 0.257 e. The number of hydrogen-bond donors (Lipinski definition) is 3.